The summed E-state index contributed by atoms with van der Waals surface area (Å²) in [5.74, 6) is -1.38. The van der Waals surface area contributed by atoms with E-state index in [1.165, 1.54) is 31.7 Å². The van der Waals surface area contributed by atoms with Crippen LogP contribution in [0.5, 0.6) is 0 Å². The molecule has 1 saturated heterocycles. The molecule has 0 bridgehead atoms. The van der Waals surface area contributed by atoms with E-state index in [0.717, 1.165) is 0 Å². The number of nitrogens with zero attached hydrogens (tertiary/aromatic N) is 6. The molecule has 1 aliphatic heterocycles. The monoisotopic (exact) mass is 495 g/mol. The summed E-state index contributed by atoms with van der Waals surface area (Å²) in [5.41, 5.74) is 0.453. The van der Waals surface area contributed by atoms with Crippen molar-refractivity contribution in [1.82, 2.24) is 24.5 Å². The highest BCUT2D eigenvalue weighted by atomic mass is 16.7. The highest BCUT2D eigenvalue weighted by molar-refractivity contribution is 5.85. The zero-order chi connectivity index (χ0) is 25.8. The molecule has 36 heavy (non-hydrogen) atoms. The van der Waals surface area contributed by atoms with Crippen LogP contribution in [0.4, 0.5) is 11.6 Å². The van der Waals surface area contributed by atoms with Crippen molar-refractivity contribution in [2.24, 2.45) is 0 Å². The van der Waals surface area contributed by atoms with Gasteiger partial charge >= 0.3 is 17.9 Å². The molecular weight excluding hydrogens is 474 g/mol. The second kappa shape index (κ2) is 10.3. The van der Waals surface area contributed by atoms with E-state index >= 15 is 0 Å². The predicted octanol–water partition coefficient (Wildman–Crippen LogP) is 1.16. The van der Waals surface area contributed by atoms with Gasteiger partial charge in [-0.1, -0.05) is 6.07 Å². The normalized spacial score (nSPS) is 20.9. The van der Waals surface area contributed by atoms with Crippen molar-refractivity contribution in [3.05, 3.63) is 36.5 Å². The SMILES string of the molecule is CC(=O)OC[C@H]1O[C@@H](n2cnc3c(Nc4ccccn4)nc(C#N)nc32)[C@H](OC(C)=O)[C@@H]1OC(C)=O. The molecule has 0 unspecified atom stereocenters. The van der Waals surface area contributed by atoms with Crippen LogP contribution in [0, 0.1) is 11.3 Å². The fraction of sp³-hybridized carbons (Fsp3) is 0.364. The quantitative estimate of drug-likeness (QED) is 0.364. The minimum absolute atomic E-state index is 0.169. The fourth-order valence-electron chi connectivity index (χ4n) is 3.71. The Bertz CT molecular complexity index is 1340. The number of fused-ring (bicyclic) bond motifs is 1. The van der Waals surface area contributed by atoms with Gasteiger partial charge in [0.2, 0.25) is 5.82 Å². The fourth-order valence-corrected chi connectivity index (χ4v) is 3.71. The molecule has 3 aromatic heterocycles. The number of pyridine rings is 1. The molecule has 1 N–H and O–H groups in total. The summed E-state index contributed by atoms with van der Waals surface area (Å²) in [6.45, 7) is 3.34. The number of carbonyl (C=O) groups excluding carboxylic acids is 3. The molecule has 4 heterocycles. The van der Waals surface area contributed by atoms with Crippen LogP contribution in [-0.2, 0) is 33.3 Å². The predicted molar refractivity (Wildman–Crippen MR) is 119 cm³/mol. The molecule has 186 valence electrons. The Balaban J connectivity index is 1.78. The maximum absolute atomic E-state index is 11.9. The number of hydrogen-bond donors (Lipinski definition) is 1. The van der Waals surface area contributed by atoms with Crippen LogP contribution in [0.15, 0.2) is 30.7 Å². The summed E-state index contributed by atoms with van der Waals surface area (Å²) >= 11 is 0. The zero-order valence-corrected chi connectivity index (χ0v) is 19.4. The average Bonchev–Trinajstić information content (AvgIpc) is 3.39. The number of anilines is 2. The van der Waals surface area contributed by atoms with Crippen LogP contribution in [0.3, 0.4) is 0 Å². The van der Waals surface area contributed by atoms with Gasteiger partial charge in [-0.3, -0.25) is 19.0 Å². The average molecular weight is 495 g/mol. The number of rotatable bonds is 7. The number of ether oxygens (including phenoxy) is 4. The van der Waals surface area contributed by atoms with E-state index in [4.69, 9.17) is 18.9 Å². The summed E-state index contributed by atoms with van der Waals surface area (Å²) in [6, 6.07) is 7.12. The van der Waals surface area contributed by atoms with Crippen LogP contribution >= 0.6 is 0 Å². The molecule has 4 atom stereocenters. The van der Waals surface area contributed by atoms with Crippen LogP contribution in [-0.4, -0.2) is 67.3 Å². The van der Waals surface area contributed by atoms with Crippen molar-refractivity contribution in [3.8, 4) is 6.07 Å². The molecule has 0 spiro atoms. The Morgan fingerprint density at radius 2 is 1.83 bits per heavy atom. The van der Waals surface area contributed by atoms with Gasteiger partial charge in [0, 0.05) is 27.0 Å². The van der Waals surface area contributed by atoms with Gasteiger partial charge in [-0.25, -0.2) is 9.97 Å². The number of nitrogens with one attached hydrogen (secondary N) is 1. The highest BCUT2D eigenvalue weighted by Crippen LogP contribution is 2.36. The minimum Gasteiger partial charge on any atom is -0.463 e. The topological polar surface area (TPSA) is 180 Å². The van der Waals surface area contributed by atoms with E-state index in [1.807, 2.05) is 6.07 Å². The van der Waals surface area contributed by atoms with Crippen molar-refractivity contribution in [1.29, 1.82) is 5.26 Å². The van der Waals surface area contributed by atoms with Crippen LogP contribution in [0.25, 0.3) is 11.2 Å². The molecule has 1 aliphatic rings. The standard InChI is InChI=1S/C22H21N7O7/c1-11(30)33-9-14-18(34-12(2)31)19(35-13(3)32)22(36-14)29-10-25-17-20(26-15-6-4-5-7-24-15)27-16(8-23)28-21(17)29/h4-7,10,14,18-19,22H,9H2,1-3H3,(H,24,26,27,28)/t14-,18-,19-,22-/m1/s1. The zero-order valence-electron chi connectivity index (χ0n) is 19.4. The molecular formula is C22H21N7O7. The molecule has 0 aliphatic carbocycles. The first-order chi connectivity index (χ1) is 17.3. The van der Waals surface area contributed by atoms with E-state index in [1.54, 1.807) is 24.4 Å². The lowest BCUT2D eigenvalue weighted by Crippen LogP contribution is -2.40. The van der Waals surface area contributed by atoms with E-state index < -0.39 is 42.4 Å². The van der Waals surface area contributed by atoms with Gasteiger partial charge < -0.3 is 24.3 Å². The van der Waals surface area contributed by atoms with Gasteiger partial charge in [0.05, 0.1) is 6.33 Å². The lowest BCUT2D eigenvalue weighted by Gasteiger charge is -2.23. The number of hydrogen-bond acceptors (Lipinski definition) is 13. The summed E-state index contributed by atoms with van der Waals surface area (Å²) < 4.78 is 23.4. The molecule has 1 fully saturated rings. The van der Waals surface area contributed by atoms with Crippen molar-refractivity contribution in [2.45, 2.75) is 45.3 Å². The summed E-state index contributed by atoms with van der Waals surface area (Å²) in [6.07, 6.45) is -1.35. The third kappa shape index (κ3) is 5.20. The summed E-state index contributed by atoms with van der Waals surface area (Å²) in [5, 5.41) is 12.5. The molecule has 0 aromatic carbocycles. The van der Waals surface area contributed by atoms with Crippen molar-refractivity contribution < 1.29 is 33.3 Å². The molecule has 14 nitrogen and oxygen atoms in total. The van der Waals surface area contributed by atoms with E-state index in [-0.39, 0.29) is 29.4 Å². The molecule has 0 saturated carbocycles. The third-order valence-electron chi connectivity index (χ3n) is 5.05. The number of imidazole rings is 1. The molecule has 0 radical (unpaired) electrons. The number of carbonyl (C=O) groups is 3. The summed E-state index contributed by atoms with van der Waals surface area (Å²) in [4.78, 5) is 52.1. The minimum atomic E-state index is -1.14. The van der Waals surface area contributed by atoms with Crippen LogP contribution in [0.2, 0.25) is 0 Å². The maximum atomic E-state index is 11.9. The lowest BCUT2D eigenvalue weighted by atomic mass is 10.1. The molecule has 4 rings (SSSR count). The van der Waals surface area contributed by atoms with Crippen molar-refractivity contribution in [3.63, 3.8) is 0 Å². The van der Waals surface area contributed by atoms with Gasteiger partial charge in [-0.2, -0.15) is 15.2 Å². The lowest BCUT2D eigenvalue weighted by molar-refractivity contribution is -0.166. The Kier molecular flexibility index (Phi) is 7.02. The largest absolute Gasteiger partial charge is 0.463 e. The van der Waals surface area contributed by atoms with E-state index in [9.17, 15) is 19.6 Å². The van der Waals surface area contributed by atoms with Crippen LogP contribution in [0.1, 0.15) is 32.8 Å². The first-order valence-electron chi connectivity index (χ1n) is 10.7. The Hall–Kier alpha value is -4.64. The number of aromatic nitrogens is 5. The Morgan fingerprint density at radius 1 is 1.08 bits per heavy atom. The Labute approximate surface area is 204 Å². The second-order valence-electron chi connectivity index (χ2n) is 7.69. The van der Waals surface area contributed by atoms with Crippen molar-refractivity contribution >= 4 is 40.7 Å². The first-order valence-corrected chi connectivity index (χ1v) is 10.7. The first kappa shape index (κ1) is 24.5. The maximum Gasteiger partial charge on any atom is 0.303 e. The van der Waals surface area contributed by atoms with Gasteiger partial charge in [0.1, 0.15) is 24.6 Å². The van der Waals surface area contributed by atoms with Gasteiger partial charge in [-0.05, 0) is 12.1 Å². The second-order valence-corrected chi connectivity index (χ2v) is 7.69. The Morgan fingerprint density at radius 3 is 2.47 bits per heavy atom. The van der Waals surface area contributed by atoms with Gasteiger partial charge in [-0.15, -0.1) is 0 Å². The van der Waals surface area contributed by atoms with Crippen molar-refractivity contribution in [2.75, 3.05) is 11.9 Å². The van der Waals surface area contributed by atoms with E-state index in [0.29, 0.717) is 5.82 Å². The highest BCUT2D eigenvalue weighted by Gasteiger charge is 2.51. The van der Waals surface area contributed by atoms with Gasteiger partial charge in [0.15, 0.2) is 35.4 Å². The smallest absolute Gasteiger partial charge is 0.303 e. The summed E-state index contributed by atoms with van der Waals surface area (Å²) in [7, 11) is 0. The number of nitriles is 1. The molecule has 3 aromatic rings. The molecule has 0 amide bonds. The van der Waals surface area contributed by atoms with E-state index in [2.05, 4.69) is 25.3 Å². The number of esters is 3. The van der Waals surface area contributed by atoms with Gasteiger partial charge in [0.25, 0.3) is 0 Å². The third-order valence-corrected chi connectivity index (χ3v) is 5.05. The molecule has 14 heteroatoms. The van der Waals surface area contributed by atoms with Crippen LogP contribution < -0.4 is 5.32 Å².